The molecule has 1 amide bonds. The van der Waals surface area contributed by atoms with Crippen molar-refractivity contribution in [3.05, 3.63) is 64.2 Å². The Kier molecular flexibility index (Phi) is 6.17. The lowest BCUT2D eigenvalue weighted by atomic mass is 9.87. The highest BCUT2D eigenvalue weighted by atomic mass is 32.2. The van der Waals surface area contributed by atoms with E-state index in [4.69, 9.17) is 4.18 Å². The van der Waals surface area contributed by atoms with Gasteiger partial charge in [0.2, 0.25) is 0 Å². The standard InChI is InChI=1S/C20H22N2O6S/c1-14-4-2-5-16(12-14)21-20(23)15-8-10-18(11-9-15)28-29(26,27)19-7-3-6-17(13-19)22(24)25/h3,6-11,13-14,16H,2,4-5,12H2,1H3,(H,21,23). The lowest BCUT2D eigenvalue weighted by Gasteiger charge is -2.27. The molecule has 0 bridgehead atoms. The van der Waals surface area contributed by atoms with Gasteiger partial charge in [0, 0.05) is 23.7 Å². The monoisotopic (exact) mass is 418 g/mol. The molecule has 1 aliphatic rings. The molecule has 1 N–H and O–H groups in total. The Bertz CT molecular complexity index is 1000. The van der Waals surface area contributed by atoms with Crippen LogP contribution in [0.4, 0.5) is 5.69 Å². The number of benzene rings is 2. The van der Waals surface area contributed by atoms with Crippen molar-refractivity contribution in [3.63, 3.8) is 0 Å². The average molecular weight is 418 g/mol. The van der Waals surface area contributed by atoms with Crippen LogP contribution in [-0.2, 0) is 10.1 Å². The van der Waals surface area contributed by atoms with Crippen molar-refractivity contribution in [2.24, 2.45) is 5.92 Å². The normalized spacial score (nSPS) is 19.3. The molecule has 0 spiro atoms. The summed E-state index contributed by atoms with van der Waals surface area (Å²) in [4.78, 5) is 22.2. The quantitative estimate of drug-likeness (QED) is 0.435. The van der Waals surface area contributed by atoms with Gasteiger partial charge in [-0.25, -0.2) is 0 Å². The number of amides is 1. The number of nitro benzene ring substituents is 1. The summed E-state index contributed by atoms with van der Waals surface area (Å²) in [7, 11) is -4.24. The van der Waals surface area contributed by atoms with Gasteiger partial charge in [-0.15, -0.1) is 0 Å². The van der Waals surface area contributed by atoms with Crippen LogP contribution in [0.25, 0.3) is 0 Å². The number of hydrogen-bond acceptors (Lipinski definition) is 6. The molecule has 29 heavy (non-hydrogen) atoms. The second kappa shape index (κ2) is 8.60. The summed E-state index contributed by atoms with van der Waals surface area (Å²) in [6, 6.07) is 10.5. The largest absolute Gasteiger partial charge is 0.379 e. The van der Waals surface area contributed by atoms with E-state index in [1.165, 1.54) is 48.9 Å². The maximum absolute atomic E-state index is 12.4. The highest BCUT2D eigenvalue weighted by Gasteiger charge is 2.22. The topological polar surface area (TPSA) is 116 Å². The Hall–Kier alpha value is -2.94. The van der Waals surface area contributed by atoms with Crippen LogP contribution >= 0.6 is 0 Å². The fourth-order valence-electron chi connectivity index (χ4n) is 3.42. The van der Waals surface area contributed by atoms with E-state index in [0.29, 0.717) is 11.5 Å². The third-order valence-electron chi connectivity index (χ3n) is 4.91. The van der Waals surface area contributed by atoms with Gasteiger partial charge in [0.1, 0.15) is 10.6 Å². The van der Waals surface area contributed by atoms with E-state index in [1.807, 2.05) is 0 Å². The molecule has 2 unspecified atom stereocenters. The van der Waals surface area contributed by atoms with Crippen molar-refractivity contribution in [2.45, 2.75) is 43.5 Å². The van der Waals surface area contributed by atoms with Crippen molar-refractivity contribution in [2.75, 3.05) is 0 Å². The Labute approximate surface area is 169 Å². The van der Waals surface area contributed by atoms with Crippen molar-refractivity contribution in [1.29, 1.82) is 0 Å². The number of nitrogens with one attached hydrogen (secondary N) is 1. The fourth-order valence-corrected chi connectivity index (χ4v) is 4.39. The summed E-state index contributed by atoms with van der Waals surface area (Å²) in [5.74, 6) is 0.389. The van der Waals surface area contributed by atoms with Crippen LogP contribution in [0.3, 0.4) is 0 Å². The summed E-state index contributed by atoms with van der Waals surface area (Å²) in [6.45, 7) is 2.17. The van der Waals surface area contributed by atoms with E-state index in [-0.39, 0.29) is 28.3 Å². The zero-order chi connectivity index (χ0) is 21.0. The molecule has 2 aromatic carbocycles. The van der Waals surface area contributed by atoms with E-state index < -0.39 is 15.0 Å². The van der Waals surface area contributed by atoms with Gasteiger partial charge >= 0.3 is 10.1 Å². The molecular formula is C20H22N2O6S. The molecule has 0 heterocycles. The van der Waals surface area contributed by atoms with Crippen LogP contribution in [0.15, 0.2) is 53.4 Å². The van der Waals surface area contributed by atoms with Crippen molar-refractivity contribution < 1.29 is 22.3 Å². The van der Waals surface area contributed by atoms with Gasteiger partial charge in [0.05, 0.1) is 4.92 Å². The maximum atomic E-state index is 12.4. The van der Waals surface area contributed by atoms with E-state index in [2.05, 4.69) is 12.2 Å². The first-order valence-corrected chi connectivity index (χ1v) is 10.8. The summed E-state index contributed by atoms with van der Waals surface area (Å²) in [5, 5.41) is 13.8. The predicted molar refractivity (Wildman–Crippen MR) is 106 cm³/mol. The first-order valence-electron chi connectivity index (χ1n) is 9.34. The molecule has 1 saturated carbocycles. The molecular weight excluding hydrogens is 396 g/mol. The Morgan fingerprint density at radius 3 is 2.55 bits per heavy atom. The van der Waals surface area contributed by atoms with E-state index in [9.17, 15) is 23.3 Å². The number of carbonyl (C=O) groups excluding carboxylic acids is 1. The second-order valence-corrected chi connectivity index (χ2v) is 8.80. The average Bonchev–Trinajstić information content (AvgIpc) is 2.68. The third kappa shape index (κ3) is 5.32. The molecule has 2 atom stereocenters. The molecule has 1 aliphatic carbocycles. The maximum Gasteiger partial charge on any atom is 0.339 e. The first-order chi connectivity index (χ1) is 13.7. The minimum atomic E-state index is -4.24. The van der Waals surface area contributed by atoms with Gasteiger partial charge < -0.3 is 9.50 Å². The van der Waals surface area contributed by atoms with Crippen molar-refractivity contribution >= 4 is 21.7 Å². The molecule has 154 valence electrons. The molecule has 2 aromatic rings. The van der Waals surface area contributed by atoms with Gasteiger partial charge in [0.25, 0.3) is 11.6 Å². The summed E-state index contributed by atoms with van der Waals surface area (Å²) in [6.07, 6.45) is 4.18. The van der Waals surface area contributed by atoms with Crippen LogP contribution < -0.4 is 9.50 Å². The Balaban J connectivity index is 1.67. The Morgan fingerprint density at radius 2 is 1.90 bits per heavy atom. The number of non-ortho nitro benzene ring substituents is 1. The lowest BCUT2D eigenvalue weighted by Crippen LogP contribution is -2.37. The zero-order valence-corrected chi connectivity index (χ0v) is 16.7. The summed E-state index contributed by atoms with van der Waals surface area (Å²) < 4.78 is 29.8. The minimum Gasteiger partial charge on any atom is -0.379 e. The summed E-state index contributed by atoms with van der Waals surface area (Å²) >= 11 is 0. The predicted octanol–water partition coefficient (Wildman–Crippen LogP) is 3.67. The highest BCUT2D eigenvalue weighted by Crippen LogP contribution is 2.25. The van der Waals surface area contributed by atoms with Crippen LogP contribution in [0, 0.1) is 16.0 Å². The smallest absolute Gasteiger partial charge is 0.339 e. The molecule has 0 aliphatic heterocycles. The lowest BCUT2D eigenvalue weighted by molar-refractivity contribution is -0.385. The van der Waals surface area contributed by atoms with E-state index >= 15 is 0 Å². The molecule has 0 radical (unpaired) electrons. The van der Waals surface area contributed by atoms with Crippen molar-refractivity contribution in [3.8, 4) is 5.75 Å². The number of carbonyl (C=O) groups is 1. The van der Waals surface area contributed by atoms with Gasteiger partial charge in [0.15, 0.2) is 0 Å². The fraction of sp³-hybridized carbons (Fsp3) is 0.350. The molecule has 1 fully saturated rings. The van der Waals surface area contributed by atoms with Gasteiger partial charge in [-0.3, -0.25) is 14.9 Å². The zero-order valence-electron chi connectivity index (χ0n) is 15.9. The number of hydrogen-bond donors (Lipinski definition) is 1. The third-order valence-corrected chi connectivity index (χ3v) is 6.15. The van der Waals surface area contributed by atoms with Gasteiger partial charge in [-0.1, -0.05) is 25.8 Å². The van der Waals surface area contributed by atoms with Gasteiger partial charge in [-0.05, 0) is 49.1 Å². The first kappa shape index (κ1) is 20.8. The van der Waals surface area contributed by atoms with Crippen LogP contribution in [0.1, 0.15) is 43.0 Å². The van der Waals surface area contributed by atoms with Crippen molar-refractivity contribution in [1.82, 2.24) is 5.32 Å². The minimum absolute atomic E-state index is 0.0133. The Morgan fingerprint density at radius 1 is 1.17 bits per heavy atom. The number of rotatable bonds is 6. The molecule has 0 aromatic heterocycles. The van der Waals surface area contributed by atoms with Crippen LogP contribution in [0.2, 0.25) is 0 Å². The number of nitrogens with zero attached hydrogens (tertiary/aromatic N) is 1. The van der Waals surface area contributed by atoms with Gasteiger partial charge in [-0.2, -0.15) is 8.42 Å². The SMILES string of the molecule is CC1CCCC(NC(=O)c2ccc(OS(=O)(=O)c3cccc([N+](=O)[O-])c3)cc2)C1. The second-order valence-electron chi connectivity index (χ2n) is 7.26. The van der Waals surface area contributed by atoms with E-state index in [0.717, 1.165) is 25.3 Å². The molecule has 9 heteroatoms. The molecule has 0 saturated heterocycles. The highest BCUT2D eigenvalue weighted by molar-refractivity contribution is 7.87. The van der Waals surface area contributed by atoms with Crippen LogP contribution in [-0.4, -0.2) is 25.3 Å². The number of nitro groups is 1. The molecule has 8 nitrogen and oxygen atoms in total. The molecule has 3 rings (SSSR count). The van der Waals surface area contributed by atoms with Crippen LogP contribution in [0.5, 0.6) is 5.75 Å². The summed E-state index contributed by atoms with van der Waals surface area (Å²) in [5.41, 5.74) is 0.0575. The van der Waals surface area contributed by atoms with E-state index in [1.54, 1.807) is 0 Å².